The Bertz CT molecular complexity index is 133. The fraction of sp³-hybridized carbons (Fsp3) is 1.00. The van der Waals surface area contributed by atoms with Gasteiger partial charge >= 0.3 is 0 Å². The van der Waals surface area contributed by atoms with Crippen molar-refractivity contribution in [2.24, 2.45) is 0 Å². The van der Waals surface area contributed by atoms with Crippen molar-refractivity contribution in [1.82, 2.24) is 0 Å². The average molecular weight is 160 g/mol. The predicted molar refractivity (Wildman–Crippen MR) is 41.2 cm³/mol. The molecule has 58 valence electrons. The molecule has 0 saturated carbocycles. The second-order valence-electron chi connectivity index (χ2n) is 3.25. The molecule has 0 aromatic rings. The minimum atomic E-state index is -0.323. The third-order valence-electron chi connectivity index (χ3n) is 1.85. The van der Waals surface area contributed by atoms with Gasteiger partial charge < -0.3 is 9.47 Å². The van der Waals surface area contributed by atoms with Crippen molar-refractivity contribution < 1.29 is 9.47 Å². The zero-order chi connectivity index (χ0) is 7.19. The lowest BCUT2D eigenvalue weighted by Crippen LogP contribution is -2.22. The van der Waals surface area contributed by atoms with Crippen molar-refractivity contribution in [1.29, 1.82) is 0 Å². The van der Waals surface area contributed by atoms with E-state index >= 15 is 0 Å². The quantitative estimate of drug-likeness (QED) is 0.531. The molecule has 0 aliphatic carbocycles. The molecular weight excluding hydrogens is 148 g/mol. The molecule has 0 aromatic carbocycles. The summed E-state index contributed by atoms with van der Waals surface area (Å²) in [5.74, 6) is 1.89. The first kappa shape index (κ1) is 6.95. The summed E-state index contributed by atoms with van der Waals surface area (Å²) < 4.78 is 11.3. The van der Waals surface area contributed by atoms with E-state index in [2.05, 4.69) is 0 Å². The molecular formula is C7H12O2S. The van der Waals surface area contributed by atoms with Gasteiger partial charge in [0.15, 0.2) is 5.79 Å². The number of thioether (sulfide) groups is 1. The van der Waals surface area contributed by atoms with Gasteiger partial charge in [-0.2, -0.15) is 11.8 Å². The number of fused-ring (bicyclic) bond motifs is 1. The van der Waals surface area contributed by atoms with E-state index in [1.807, 2.05) is 25.6 Å². The highest BCUT2D eigenvalue weighted by Crippen LogP contribution is 2.36. The van der Waals surface area contributed by atoms with Gasteiger partial charge in [0, 0.05) is 11.5 Å². The molecule has 0 amide bonds. The molecule has 2 saturated heterocycles. The van der Waals surface area contributed by atoms with Gasteiger partial charge in [-0.1, -0.05) is 0 Å². The molecule has 0 aromatic heterocycles. The molecule has 0 unspecified atom stereocenters. The lowest BCUT2D eigenvalue weighted by Gasteiger charge is -2.17. The second kappa shape index (κ2) is 2.13. The van der Waals surface area contributed by atoms with Crippen LogP contribution in [0.2, 0.25) is 0 Å². The Morgan fingerprint density at radius 1 is 1.20 bits per heavy atom. The van der Waals surface area contributed by atoms with Crippen LogP contribution < -0.4 is 0 Å². The van der Waals surface area contributed by atoms with Crippen LogP contribution in [0.25, 0.3) is 0 Å². The van der Waals surface area contributed by atoms with Crippen molar-refractivity contribution in [3.05, 3.63) is 0 Å². The van der Waals surface area contributed by atoms with E-state index < -0.39 is 0 Å². The minimum Gasteiger partial charge on any atom is -0.344 e. The Kier molecular flexibility index (Phi) is 1.48. The van der Waals surface area contributed by atoms with Crippen LogP contribution in [-0.2, 0) is 9.47 Å². The maximum absolute atomic E-state index is 5.63. The summed E-state index contributed by atoms with van der Waals surface area (Å²) >= 11 is 1.92. The van der Waals surface area contributed by atoms with E-state index in [1.165, 1.54) is 0 Å². The highest BCUT2D eigenvalue weighted by Gasteiger charge is 2.43. The SMILES string of the molecule is CC1(C)O[C@H]2CSC[C@H]2O1. The van der Waals surface area contributed by atoms with Gasteiger partial charge in [-0.15, -0.1) is 0 Å². The van der Waals surface area contributed by atoms with E-state index in [9.17, 15) is 0 Å². The molecule has 0 spiro atoms. The van der Waals surface area contributed by atoms with Crippen LogP contribution in [0, 0.1) is 0 Å². The summed E-state index contributed by atoms with van der Waals surface area (Å²) in [5.41, 5.74) is 0. The van der Waals surface area contributed by atoms with Crippen LogP contribution in [-0.4, -0.2) is 29.5 Å². The lowest BCUT2D eigenvalue weighted by atomic mass is 10.3. The Balaban J connectivity index is 2.07. The van der Waals surface area contributed by atoms with Gasteiger partial charge in [0.1, 0.15) is 0 Å². The van der Waals surface area contributed by atoms with Crippen molar-refractivity contribution in [2.45, 2.75) is 31.8 Å². The summed E-state index contributed by atoms with van der Waals surface area (Å²) in [4.78, 5) is 0. The van der Waals surface area contributed by atoms with Gasteiger partial charge in [-0.25, -0.2) is 0 Å². The van der Waals surface area contributed by atoms with Crippen LogP contribution in [0.4, 0.5) is 0 Å². The van der Waals surface area contributed by atoms with Crippen LogP contribution in [0.15, 0.2) is 0 Å². The van der Waals surface area contributed by atoms with E-state index in [0.717, 1.165) is 11.5 Å². The highest BCUT2D eigenvalue weighted by molar-refractivity contribution is 7.99. The van der Waals surface area contributed by atoms with Crippen molar-refractivity contribution in [3.8, 4) is 0 Å². The van der Waals surface area contributed by atoms with E-state index in [4.69, 9.17) is 9.47 Å². The Hall–Kier alpha value is 0.270. The molecule has 2 aliphatic heterocycles. The summed E-state index contributed by atoms with van der Waals surface area (Å²) in [7, 11) is 0. The van der Waals surface area contributed by atoms with Crippen molar-refractivity contribution in [3.63, 3.8) is 0 Å². The Labute approximate surface area is 65.3 Å². The summed E-state index contributed by atoms with van der Waals surface area (Å²) in [5, 5.41) is 0. The first-order valence-corrected chi connectivity index (χ1v) is 4.76. The highest BCUT2D eigenvalue weighted by atomic mass is 32.2. The van der Waals surface area contributed by atoms with Crippen molar-refractivity contribution >= 4 is 11.8 Å². The second-order valence-corrected chi connectivity index (χ2v) is 4.32. The lowest BCUT2D eigenvalue weighted by molar-refractivity contribution is -0.143. The number of rotatable bonds is 0. The van der Waals surface area contributed by atoms with Gasteiger partial charge in [0.05, 0.1) is 12.2 Å². The molecule has 2 rings (SSSR count). The maximum atomic E-state index is 5.63. The predicted octanol–water partition coefficient (Wildman–Crippen LogP) is 1.25. The minimum absolute atomic E-state index is 0.323. The first-order chi connectivity index (χ1) is 4.67. The van der Waals surface area contributed by atoms with Gasteiger partial charge in [0.25, 0.3) is 0 Å². The number of hydrogen-bond acceptors (Lipinski definition) is 3. The summed E-state index contributed by atoms with van der Waals surface area (Å²) in [6.07, 6.45) is 0.722. The molecule has 0 radical (unpaired) electrons. The van der Waals surface area contributed by atoms with E-state index in [0.29, 0.717) is 12.2 Å². The topological polar surface area (TPSA) is 18.5 Å². The maximum Gasteiger partial charge on any atom is 0.163 e. The molecule has 2 nitrogen and oxygen atoms in total. The zero-order valence-electron chi connectivity index (χ0n) is 6.29. The zero-order valence-corrected chi connectivity index (χ0v) is 7.11. The van der Waals surface area contributed by atoms with E-state index in [1.54, 1.807) is 0 Å². The molecule has 3 heteroatoms. The van der Waals surface area contributed by atoms with Crippen LogP contribution in [0.5, 0.6) is 0 Å². The Morgan fingerprint density at radius 2 is 1.70 bits per heavy atom. The third kappa shape index (κ3) is 1.06. The summed E-state index contributed by atoms with van der Waals surface area (Å²) in [6, 6.07) is 0. The van der Waals surface area contributed by atoms with Crippen molar-refractivity contribution in [2.75, 3.05) is 11.5 Å². The standard InChI is InChI=1S/C7H12O2S/c1-7(2)8-5-3-10-4-6(5)9-7/h5-6H,3-4H2,1-2H3/t5-,6+. The Morgan fingerprint density at radius 3 is 2.20 bits per heavy atom. The molecule has 0 bridgehead atoms. The first-order valence-electron chi connectivity index (χ1n) is 3.61. The van der Waals surface area contributed by atoms with E-state index in [-0.39, 0.29) is 5.79 Å². The molecule has 10 heavy (non-hydrogen) atoms. The molecule has 2 heterocycles. The fourth-order valence-electron chi connectivity index (χ4n) is 1.49. The number of ether oxygens (including phenoxy) is 2. The smallest absolute Gasteiger partial charge is 0.163 e. The van der Waals surface area contributed by atoms with Gasteiger partial charge in [-0.3, -0.25) is 0 Å². The van der Waals surface area contributed by atoms with Gasteiger partial charge in [0.2, 0.25) is 0 Å². The summed E-state index contributed by atoms with van der Waals surface area (Å²) in [6.45, 7) is 3.96. The average Bonchev–Trinajstić information content (AvgIpc) is 2.20. The largest absolute Gasteiger partial charge is 0.344 e. The fourth-order valence-corrected chi connectivity index (χ4v) is 2.66. The third-order valence-corrected chi connectivity index (χ3v) is 2.98. The monoisotopic (exact) mass is 160 g/mol. The van der Waals surface area contributed by atoms with Gasteiger partial charge in [-0.05, 0) is 13.8 Å². The molecule has 2 atom stereocenters. The molecule has 2 aliphatic rings. The van der Waals surface area contributed by atoms with Crippen LogP contribution >= 0.6 is 11.8 Å². The normalized spacial score (nSPS) is 43.8. The molecule has 0 N–H and O–H groups in total. The molecule has 2 fully saturated rings. The number of hydrogen-bond donors (Lipinski definition) is 0. The van der Waals surface area contributed by atoms with Crippen LogP contribution in [0.3, 0.4) is 0 Å². The van der Waals surface area contributed by atoms with Crippen LogP contribution in [0.1, 0.15) is 13.8 Å².